The van der Waals surface area contributed by atoms with Crippen molar-refractivity contribution in [3.05, 3.63) is 0 Å². The lowest BCUT2D eigenvalue weighted by molar-refractivity contribution is 0.0315. The van der Waals surface area contributed by atoms with Gasteiger partial charge in [0, 0.05) is 19.6 Å². The van der Waals surface area contributed by atoms with Gasteiger partial charge in [-0.05, 0) is 6.42 Å². The Morgan fingerprint density at radius 2 is 2.21 bits per heavy atom. The van der Waals surface area contributed by atoms with Crippen molar-refractivity contribution in [1.82, 2.24) is 10.2 Å². The van der Waals surface area contributed by atoms with Crippen LogP contribution >= 0.6 is 0 Å². The van der Waals surface area contributed by atoms with E-state index in [1.807, 2.05) is 0 Å². The summed E-state index contributed by atoms with van der Waals surface area (Å²) in [7, 11) is 0. The molecule has 1 atom stereocenters. The highest BCUT2D eigenvalue weighted by Gasteiger charge is 2.23. The lowest BCUT2D eigenvalue weighted by Crippen LogP contribution is -2.38. The van der Waals surface area contributed by atoms with E-state index in [1.165, 1.54) is 0 Å². The highest BCUT2D eigenvalue weighted by atomic mass is 16.6. The minimum absolute atomic E-state index is 0.0605. The number of rotatable bonds is 3. The number of nitrogens with one attached hydrogen (secondary N) is 1. The zero-order valence-electron chi connectivity index (χ0n) is 8.20. The van der Waals surface area contributed by atoms with Crippen LogP contribution in [0.25, 0.3) is 0 Å². The van der Waals surface area contributed by atoms with Gasteiger partial charge in [0.05, 0.1) is 19.8 Å². The summed E-state index contributed by atoms with van der Waals surface area (Å²) < 4.78 is 10.3. The second kappa shape index (κ2) is 4.61. The number of nitrogens with zero attached hydrogens (tertiary/aromatic N) is 1. The Hall–Kier alpha value is -0.810. The molecule has 0 aromatic heterocycles. The molecule has 0 aliphatic carbocycles. The molecule has 0 saturated carbocycles. The van der Waals surface area contributed by atoms with E-state index in [0.29, 0.717) is 6.54 Å². The first-order valence-corrected chi connectivity index (χ1v) is 5.09. The molecule has 2 aliphatic heterocycles. The van der Waals surface area contributed by atoms with Gasteiger partial charge in [-0.3, -0.25) is 4.90 Å². The molecular weight excluding hydrogens is 184 g/mol. The molecule has 0 aromatic rings. The van der Waals surface area contributed by atoms with E-state index < -0.39 is 0 Å². The molecule has 2 aliphatic rings. The molecule has 0 bridgehead atoms. The van der Waals surface area contributed by atoms with Crippen LogP contribution in [-0.4, -0.2) is 56.5 Å². The molecule has 2 saturated heterocycles. The lowest BCUT2D eigenvalue weighted by atomic mass is 10.2. The average molecular weight is 200 g/mol. The third kappa shape index (κ3) is 2.59. The summed E-state index contributed by atoms with van der Waals surface area (Å²) in [6.45, 7) is 5.28. The van der Waals surface area contributed by atoms with Crippen molar-refractivity contribution in [2.75, 3.05) is 39.4 Å². The fourth-order valence-electron chi connectivity index (χ4n) is 1.74. The quantitative estimate of drug-likeness (QED) is 0.686. The molecule has 5 heteroatoms. The second-order valence-electron chi connectivity index (χ2n) is 3.65. The smallest absolute Gasteiger partial charge is 0.407 e. The van der Waals surface area contributed by atoms with Crippen molar-refractivity contribution in [3.63, 3.8) is 0 Å². The number of cyclic esters (lactones) is 1. The minimum Gasteiger partial charge on any atom is -0.444 e. The van der Waals surface area contributed by atoms with Gasteiger partial charge in [-0.25, -0.2) is 4.79 Å². The average Bonchev–Trinajstić information content (AvgIpc) is 2.63. The van der Waals surface area contributed by atoms with Crippen LogP contribution < -0.4 is 5.32 Å². The van der Waals surface area contributed by atoms with Gasteiger partial charge in [0.1, 0.15) is 6.10 Å². The van der Waals surface area contributed by atoms with Gasteiger partial charge in [0.15, 0.2) is 0 Å². The molecule has 5 nitrogen and oxygen atoms in total. The van der Waals surface area contributed by atoms with E-state index in [1.54, 1.807) is 0 Å². The Kier molecular flexibility index (Phi) is 3.21. The van der Waals surface area contributed by atoms with Crippen molar-refractivity contribution < 1.29 is 14.3 Å². The fraction of sp³-hybridized carbons (Fsp3) is 0.889. The Bertz CT molecular complexity index is 204. The Morgan fingerprint density at radius 1 is 1.43 bits per heavy atom. The molecule has 1 amide bonds. The Morgan fingerprint density at radius 3 is 2.86 bits per heavy atom. The molecule has 0 spiro atoms. The number of hydrogen-bond donors (Lipinski definition) is 1. The number of morpholine rings is 1. The zero-order valence-corrected chi connectivity index (χ0v) is 8.20. The summed E-state index contributed by atoms with van der Waals surface area (Å²) in [6, 6.07) is 0. The summed E-state index contributed by atoms with van der Waals surface area (Å²) >= 11 is 0. The maximum absolute atomic E-state index is 10.7. The number of ether oxygens (including phenoxy) is 2. The van der Waals surface area contributed by atoms with E-state index in [-0.39, 0.29) is 12.2 Å². The predicted molar refractivity (Wildman–Crippen MR) is 50.1 cm³/mol. The molecule has 0 radical (unpaired) electrons. The lowest BCUT2D eigenvalue weighted by Gasteiger charge is -2.27. The number of hydrogen-bond acceptors (Lipinski definition) is 4. The van der Waals surface area contributed by atoms with Gasteiger partial charge in [0.2, 0.25) is 0 Å². The minimum atomic E-state index is -0.281. The van der Waals surface area contributed by atoms with Crippen molar-refractivity contribution in [3.8, 4) is 0 Å². The topological polar surface area (TPSA) is 50.8 Å². The molecular formula is C9H16N2O3. The summed E-state index contributed by atoms with van der Waals surface area (Å²) in [6.07, 6.45) is 0.695. The SMILES string of the molecule is O=C1NCC(CCN2CCOCC2)O1. The van der Waals surface area contributed by atoms with Crippen molar-refractivity contribution in [2.45, 2.75) is 12.5 Å². The van der Waals surface area contributed by atoms with Crippen LogP contribution in [0.15, 0.2) is 0 Å². The molecule has 0 aromatic carbocycles. The highest BCUT2D eigenvalue weighted by Crippen LogP contribution is 2.07. The Balaban J connectivity index is 1.63. The van der Waals surface area contributed by atoms with Crippen molar-refractivity contribution in [2.24, 2.45) is 0 Å². The first-order valence-electron chi connectivity index (χ1n) is 5.09. The van der Waals surface area contributed by atoms with E-state index in [2.05, 4.69) is 10.2 Å². The molecule has 2 heterocycles. The molecule has 2 fully saturated rings. The van der Waals surface area contributed by atoms with Crippen LogP contribution in [0, 0.1) is 0 Å². The monoisotopic (exact) mass is 200 g/mol. The van der Waals surface area contributed by atoms with E-state index >= 15 is 0 Å². The van der Waals surface area contributed by atoms with Gasteiger partial charge in [0.25, 0.3) is 0 Å². The van der Waals surface area contributed by atoms with Crippen LogP contribution in [0.2, 0.25) is 0 Å². The van der Waals surface area contributed by atoms with Crippen LogP contribution in [0.5, 0.6) is 0 Å². The molecule has 14 heavy (non-hydrogen) atoms. The summed E-state index contributed by atoms with van der Waals surface area (Å²) in [5.74, 6) is 0. The normalized spacial score (nSPS) is 28.6. The molecule has 1 unspecified atom stereocenters. The van der Waals surface area contributed by atoms with Crippen molar-refractivity contribution >= 4 is 6.09 Å². The second-order valence-corrected chi connectivity index (χ2v) is 3.65. The largest absolute Gasteiger partial charge is 0.444 e. The van der Waals surface area contributed by atoms with Gasteiger partial charge < -0.3 is 14.8 Å². The zero-order chi connectivity index (χ0) is 9.80. The highest BCUT2D eigenvalue weighted by molar-refractivity contribution is 5.69. The van der Waals surface area contributed by atoms with Crippen LogP contribution in [0.1, 0.15) is 6.42 Å². The molecule has 2 rings (SSSR count). The van der Waals surface area contributed by atoms with Gasteiger partial charge in [-0.2, -0.15) is 0 Å². The van der Waals surface area contributed by atoms with Crippen LogP contribution in [0.4, 0.5) is 4.79 Å². The summed E-state index contributed by atoms with van der Waals surface area (Å²) in [5, 5.41) is 2.65. The number of carbonyl (C=O) groups is 1. The van der Waals surface area contributed by atoms with E-state index in [4.69, 9.17) is 9.47 Å². The third-order valence-corrected chi connectivity index (χ3v) is 2.62. The van der Waals surface area contributed by atoms with Gasteiger partial charge in [-0.15, -0.1) is 0 Å². The first kappa shape index (κ1) is 9.73. The standard InChI is InChI=1S/C9H16N2O3/c12-9-10-7-8(14-9)1-2-11-3-5-13-6-4-11/h8H,1-7H2,(H,10,12). The summed E-state index contributed by atoms with van der Waals surface area (Å²) in [4.78, 5) is 13.1. The van der Waals surface area contributed by atoms with Crippen LogP contribution in [-0.2, 0) is 9.47 Å². The molecule has 1 N–H and O–H groups in total. The number of carbonyl (C=O) groups excluding carboxylic acids is 1. The van der Waals surface area contributed by atoms with Crippen LogP contribution in [0.3, 0.4) is 0 Å². The van der Waals surface area contributed by atoms with Gasteiger partial charge >= 0.3 is 6.09 Å². The molecule has 80 valence electrons. The fourth-order valence-corrected chi connectivity index (χ4v) is 1.74. The maximum atomic E-state index is 10.7. The number of amides is 1. The van der Waals surface area contributed by atoms with E-state index in [0.717, 1.165) is 39.3 Å². The maximum Gasteiger partial charge on any atom is 0.407 e. The third-order valence-electron chi connectivity index (χ3n) is 2.62. The first-order chi connectivity index (χ1) is 6.84. The Labute approximate surface area is 83.3 Å². The van der Waals surface area contributed by atoms with Gasteiger partial charge in [-0.1, -0.05) is 0 Å². The van der Waals surface area contributed by atoms with E-state index in [9.17, 15) is 4.79 Å². The summed E-state index contributed by atoms with van der Waals surface area (Å²) in [5.41, 5.74) is 0. The van der Waals surface area contributed by atoms with Crippen molar-refractivity contribution in [1.29, 1.82) is 0 Å². The predicted octanol–water partition coefficient (Wildman–Crippen LogP) is -0.183. The number of alkyl carbamates (subject to hydrolysis) is 1.